The molecule has 0 bridgehead atoms. The Hall–Kier alpha value is -3.32. The number of aromatic nitrogens is 2. The molecule has 0 saturated carbocycles. The Bertz CT molecular complexity index is 1130. The van der Waals surface area contributed by atoms with E-state index in [4.69, 9.17) is 21.3 Å². The molecule has 4 rings (SSSR count). The number of nitrogens with zero attached hydrogens (tertiary/aromatic N) is 4. The molecule has 2 amide bonds. The first-order valence-corrected chi connectivity index (χ1v) is 11.3. The molecular weight excluding hydrogens is 438 g/mol. The molecule has 1 aliphatic heterocycles. The number of ether oxygens (including phenoxy) is 1. The van der Waals surface area contributed by atoms with E-state index < -0.39 is 0 Å². The Morgan fingerprint density at radius 3 is 2.42 bits per heavy atom. The van der Waals surface area contributed by atoms with Crippen LogP contribution in [0.1, 0.15) is 22.6 Å². The normalized spacial score (nSPS) is 13.7. The second kappa shape index (κ2) is 10.1. The maximum Gasteiger partial charge on any atom is 0.322 e. The summed E-state index contributed by atoms with van der Waals surface area (Å²) in [5.74, 6) is 2.33. The number of hydrogen-bond donors (Lipinski definition) is 1. The number of aryl methyl sites for hydroxylation is 2. The van der Waals surface area contributed by atoms with Gasteiger partial charge < -0.3 is 19.9 Å². The van der Waals surface area contributed by atoms with E-state index in [1.165, 1.54) is 0 Å². The lowest BCUT2D eigenvalue weighted by Crippen LogP contribution is -2.50. The van der Waals surface area contributed by atoms with Crippen molar-refractivity contribution in [3.8, 4) is 5.75 Å². The Morgan fingerprint density at radius 1 is 1.03 bits per heavy atom. The van der Waals surface area contributed by atoms with Crippen LogP contribution in [0.25, 0.3) is 0 Å². The number of amides is 2. The summed E-state index contributed by atoms with van der Waals surface area (Å²) in [5.41, 5.74) is 3.91. The fourth-order valence-electron chi connectivity index (χ4n) is 4.06. The highest BCUT2D eigenvalue weighted by molar-refractivity contribution is 6.30. The second-order valence-corrected chi connectivity index (χ2v) is 8.50. The molecule has 3 aromatic rings. The third kappa shape index (κ3) is 5.37. The molecule has 0 atom stereocenters. The van der Waals surface area contributed by atoms with Crippen molar-refractivity contribution in [2.45, 2.75) is 20.3 Å². The van der Waals surface area contributed by atoms with Gasteiger partial charge in [0.15, 0.2) is 0 Å². The zero-order valence-corrected chi connectivity index (χ0v) is 19.9. The monoisotopic (exact) mass is 465 g/mol. The number of benzene rings is 2. The number of nitrogens with one attached hydrogen (secondary N) is 1. The maximum absolute atomic E-state index is 12.8. The predicted molar refractivity (Wildman–Crippen MR) is 132 cm³/mol. The molecule has 1 saturated heterocycles. The smallest absolute Gasteiger partial charge is 0.322 e. The predicted octanol–water partition coefficient (Wildman–Crippen LogP) is 4.70. The van der Waals surface area contributed by atoms with Gasteiger partial charge in [-0.1, -0.05) is 35.9 Å². The zero-order valence-electron chi connectivity index (χ0n) is 19.1. The van der Waals surface area contributed by atoms with Gasteiger partial charge in [-0.15, -0.1) is 0 Å². The number of carbonyl (C=O) groups is 1. The van der Waals surface area contributed by atoms with Crippen LogP contribution in [-0.2, 0) is 6.42 Å². The van der Waals surface area contributed by atoms with Gasteiger partial charge in [0.05, 0.1) is 12.8 Å². The first-order valence-electron chi connectivity index (χ1n) is 11.0. The summed E-state index contributed by atoms with van der Waals surface area (Å²) in [6, 6.07) is 15.2. The van der Waals surface area contributed by atoms with Crippen LogP contribution in [0.5, 0.6) is 5.75 Å². The summed E-state index contributed by atoms with van der Waals surface area (Å²) < 4.78 is 5.34. The average Bonchev–Trinajstić information content (AvgIpc) is 2.82. The minimum Gasteiger partial charge on any atom is -0.495 e. The molecule has 2 heterocycles. The average molecular weight is 466 g/mol. The van der Waals surface area contributed by atoms with Crippen LogP contribution in [-0.4, -0.2) is 54.2 Å². The molecule has 0 spiro atoms. The van der Waals surface area contributed by atoms with Crippen LogP contribution in [0.2, 0.25) is 5.02 Å². The number of para-hydroxylation sites is 2. The highest BCUT2D eigenvalue weighted by Crippen LogP contribution is 2.27. The standard InChI is InChI=1S/C25H28ClN5O2/c1-17-21(16-19-8-10-20(26)11-9-19)24(28-18(2)27-17)30-12-14-31(15-13-30)25(32)29-22-6-4-5-7-23(22)33-3/h4-11H,12-16H2,1-3H3,(H,29,32). The van der Waals surface area contributed by atoms with Crippen molar-refractivity contribution in [2.75, 3.05) is 43.5 Å². The van der Waals surface area contributed by atoms with Crippen LogP contribution in [0.15, 0.2) is 48.5 Å². The van der Waals surface area contributed by atoms with Crippen molar-refractivity contribution in [3.63, 3.8) is 0 Å². The minimum atomic E-state index is -0.129. The molecule has 33 heavy (non-hydrogen) atoms. The molecule has 1 N–H and O–H groups in total. The molecule has 7 nitrogen and oxygen atoms in total. The molecule has 0 unspecified atom stereocenters. The van der Waals surface area contributed by atoms with Gasteiger partial charge in [-0.2, -0.15) is 0 Å². The van der Waals surface area contributed by atoms with Gasteiger partial charge in [-0.3, -0.25) is 0 Å². The highest BCUT2D eigenvalue weighted by atomic mass is 35.5. The molecule has 1 aliphatic rings. The molecule has 2 aromatic carbocycles. The molecule has 0 aliphatic carbocycles. The fraction of sp³-hybridized carbons (Fsp3) is 0.320. The van der Waals surface area contributed by atoms with Crippen molar-refractivity contribution in [3.05, 3.63) is 76.2 Å². The largest absolute Gasteiger partial charge is 0.495 e. The lowest BCUT2D eigenvalue weighted by Gasteiger charge is -2.36. The second-order valence-electron chi connectivity index (χ2n) is 8.07. The lowest BCUT2D eigenvalue weighted by atomic mass is 10.0. The number of carbonyl (C=O) groups excluding carboxylic acids is 1. The highest BCUT2D eigenvalue weighted by Gasteiger charge is 2.25. The summed E-state index contributed by atoms with van der Waals surface area (Å²) in [6.45, 7) is 6.54. The van der Waals surface area contributed by atoms with Gasteiger partial charge in [0.25, 0.3) is 0 Å². The van der Waals surface area contributed by atoms with Crippen LogP contribution >= 0.6 is 11.6 Å². The van der Waals surface area contributed by atoms with E-state index >= 15 is 0 Å². The quantitative estimate of drug-likeness (QED) is 0.591. The third-order valence-electron chi connectivity index (χ3n) is 5.81. The van der Waals surface area contributed by atoms with Crippen LogP contribution < -0.4 is 15.0 Å². The Morgan fingerprint density at radius 2 is 1.73 bits per heavy atom. The van der Waals surface area contributed by atoms with E-state index in [1.54, 1.807) is 7.11 Å². The van der Waals surface area contributed by atoms with Gasteiger partial charge >= 0.3 is 6.03 Å². The molecule has 1 aromatic heterocycles. The van der Waals surface area contributed by atoms with Gasteiger partial charge in [0, 0.05) is 48.9 Å². The topological polar surface area (TPSA) is 70.6 Å². The molecule has 1 fully saturated rings. The van der Waals surface area contributed by atoms with Crippen molar-refractivity contribution >= 4 is 29.1 Å². The van der Waals surface area contributed by atoms with Crippen molar-refractivity contribution in [2.24, 2.45) is 0 Å². The first-order chi connectivity index (χ1) is 15.9. The number of methoxy groups -OCH3 is 1. The molecule has 172 valence electrons. The lowest BCUT2D eigenvalue weighted by molar-refractivity contribution is 0.208. The van der Waals surface area contributed by atoms with E-state index in [2.05, 4.69) is 15.2 Å². The van der Waals surface area contributed by atoms with Crippen molar-refractivity contribution in [1.82, 2.24) is 14.9 Å². The Balaban J connectivity index is 1.47. The van der Waals surface area contributed by atoms with Gasteiger partial charge in [0.2, 0.25) is 0 Å². The van der Waals surface area contributed by atoms with Crippen LogP contribution in [0.4, 0.5) is 16.3 Å². The Kier molecular flexibility index (Phi) is 6.99. The van der Waals surface area contributed by atoms with E-state index in [0.29, 0.717) is 37.6 Å². The molecule has 0 radical (unpaired) electrons. The summed E-state index contributed by atoms with van der Waals surface area (Å²) in [5, 5.41) is 3.68. The third-order valence-corrected chi connectivity index (χ3v) is 6.06. The molecule has 8 heteroatoms. The number of halogens is 1. The summed E-state index contributed by atoms with van der Waals surface area (Å²) in [7, 11) is 1.59. The minimum absolute atomic E-state index is 0.129. The van der Waals surface area contributed by atoms with E-state index in [1.807, 2.05) is 67.3 Å². The Labute approximate surface area is 199 Å². The van der Waals surface area contributed by atoms with Gasteiger partial charge in [-0.05, 0) is 43.7 Å². The van der Waals surface area contributed by atoms with Gasteiger partial charge in [0.1, 0.15) is 17.4 Å². The van der Waals surface area contributed by atoms with Crippen LogP contribution in [0, 0.1) is 13.8 Å². The summed E-state index contributed by atoms with van der Waals surface area (Å²) in [6.07, 6.45) is 0.729. The SMILES string of the molecule is COc1ccccc1NC(=O)N1CCN(c2nc(C)nc(C)c2Cc2ccc(Cl)cc2)CC1. The van der Waals surface area contributed by atoms with Crippen molar-refractivity contribution in [1.29, 1.82) is 0 Å². The zero-order chi connectivity index (χ0) is 23.4. The number of anilines is 2. The molecular formula is C25H28ClN5O2. The van der Waals surface area contributed by atoms with Crippen LogP contribution in [0.3, 0.4) is 0 Å². The number of piperazine rings is 1. The van der Waals surface area contributed by atoms with Crippen molar-refractivity contribution < 1.29 is 9.53 Å². The van der Waals surface area contributed by atoms with E-state index in [9.17, 15) is 4.79 Å². The summed E-state index contributed by atoms with van der Waals surface area (Å²) in [4.78, 5) is 26.3. The summed E-state index contributed by atoms with van der Waals surface area (Å²) >= 11 is 6.05. The van der Waals surface area contributed by atoms with E-state index in [0.717, 1.165) is 39.9 Å². The first kappa shape index (κ1) is 22.9. The maximum atomic E-state index is 12.8. The number of urea groups is 1. The fourth-order valence-corrected chi connectivity index (χ4v) is 4.18. The van der Waals surface area contributed by atoms with Gasteiger partial charge in [-0.25, -0.2) is 14.8 Å². The number of rotatable bonds is 5. The van der Waals surface area contributed by atoms with E-state index in [-0.39, 0.29) is 6.03 Å². The number of hydrogen-bond acceptors (Lipinski definition) is 5.